The normalized spacial score (nSPS) is 11.6. The van der Waals surface area contributed by atoms with Gasteiger partial charge in [0.25, 0.3) is 0 Å². The predicted octanol–water partition coefficient (Wildman–Crippen LogP) is 3.43. The molecule has 0 amide bonds. The quantitative estimate of drug-likeness (QED) is 0.933. The molecule has 108 valence electrons. The van der Waals surface area contributed by atoms with Gasteiger partial charge in [0.2, 0.25) is 0 Å². The van der Waals surface area contributed by atoms with Gasteiger partial charge in [-0.25, -0.2) is 13.4 Å². The third-order valence-electron chi connectivity index (χ3n) is 2.99. The van der Waals surface area contributed by atoms with Gasteiger partial charge >= 0.3 is 0 Å². The van der Waals surface area contributed by atoms with Gasteiger partial charge < -0.3 is 5.32 Å². The number of nitrogens with one attached hydrogen (secondary N) is 1. The molecular weight excluding hydrogens is 316 g/mol. The van der Waals surface area contributed by atoms with E-state index in [1.807, 2.05) is 19.9 Å². The fraction of sp³-hybridized carbons (Fsp3) is 0.308. The minimum absolute atomic E-state index is 0.355. The van der Waals surface area contributed by atoms with Crippen molar-refractivity contribution in [2.24, 2.45) is 0 Å². The fourth-order valence-electron chi connectivity index (χ4n) is 2.04. The summed E-state index contributed by atoms with van der Waals surface area (Å²) in [5, 5.41) is 3.27. The van der Waals surface area contributed by atoms with Gasteiger partial charge in [0.15, 0.2) is 14.3 Å². The van der Waals surface area contributed by atoms with Gasteiger partial charge in [-0.05, 0) is 31.0 Å². The van der Waals surface area contributed by atoms with E-state index < -0.39 is 9.84 Å². The Morgan fingerprint density at radius 1 is 1.35 bits per heavy atom. The highest BCUT2D eigenvalue weighted by Crippen LogP contribution is 2.28. The van der Waals surface area contributed by atoms with Crippen molar-refractivity contribution in [3.63, 3.8) is 0 Å². The van der Waals surface area contributed by atoms with Gasteiger partial charge in [0.05, 0.1) is 11.4 Å². The molecule has 1 aromatic heterocycles. The second kappa shape index (κ2) is 5.71. The minimum Gasteiger partial charge on any atom is -0.380 e. The maximum absolute atomic E-state index is 11.7. The summed E-state index contributed by atoms with van der Waals surface area (Å²) in [6.45, 7) is 4.33. The second-order valence-corrected chi connectivity index (χ2v) is 8.27. The molecule has 0 saturated carbocycles. The first-order valence-electron chi connectivity index (χ1n) is 5.93. The number of hydrogen-bond donors (Lipinski definition) is 1. The van der Waals surface area contributed by atoms with Crippen LogP contribution in [0, 0.1) is 13.8 Å². The molecule has 2 aromatic rings. The smallest absolute Gasteiger partial charge is 0.183 e. The van der Waals surface area contributed by atoms with Crippen molar-refractivity contribution in [2.75, 3.05) is 11.6 Å². The summed E-state index contributed by atoms with van der Waals surface area (Å²) in [7, 11) is -3.22. The molecule has 0 spiro atoms. The maximum Gasteiger partial charge on any atom is 0.183 e. The van der Waals surface area contributed by atoms with Crippen LogP contribution in [0.25, 0.3) is 0 Å². The Morgan fingerprint density at radius 2 is 2.05 bits per heavy atom. The van der Waals surface area contributed by atoms with E-state index >= 15 is 0 Å². The lowest BCUT2D eigenvalue weighted by Crippen LogP contribution is -2.07. The lowest BCUT2D eigenvalue weighted by atomic mass is 10.1. The monoisotopic (exact) mass is 330 g/mol. The molecule has 1 N–H and O–H groups in total. The number of nitrogens with zero attached hydrogens (tertiary/aromatic N) is 1. The Labute approximate surface area is 127 Å². The molecule has 1 aromatic carbocycles. The van der Waals surface area contributed by atoms with Gasteiger partial charge in [0, 0.05) is 23.0 Å². The van der Waals surface area contributed by atoms with E-state index in [9.17, 15) is 8.42 Å². The van der Waals surface area contributed by atoms with Crippen LogP contribution in [0.5, 0.6) is 0 Å². The number of halogens is 1. The molecule has 0 aliphatic carbocycles. The molecule has 0 aliphatic rings. The molecule has 1 heterocycles. The molecule has 0 aliphatic heterocycles. The van der Waals surface area contributed by atoms with E-state index in [1.54, 1.807) is 12.3 Å². The van der Waals surface area contributed by atoms with Crippen molar-refractivity contribution >= 4 is 38.5 Å². The highest BCUT2D eigenvalue weighted by Gasteiger charge is 2.15. The van der Waals surface area contributed by atoms with Crippen molar-refractivity contribution in [1.82, 2.24) is 4.98 Å². The number of rotatable bonds is 4. The zero-order valence-electron chi connectivity index (χ0n) is 11.4. The highest BCUT2D eigenvalue weighted by atomic mass is 35.5. The van der Waals surface area contributed by atoms with E-state index in [4.69, 9.17) is 11.6 Å². The number of sulfone groups is 1. The van der Waals surface area contributed by atoms with Crippen LogP contribution in [-0.2, 0) is 16.4 Å². The van der Waals surface area contributed by atoms with Crippen LogP contribution >= 0.6 is 22.9 Å². The molecule has 0 unspecified atom stereocenters. The average molecular weight is 331 g/mol. The summed E-state index contributed by atoms with van der Waals surface area (Å²) in [6, 6.07) is 3.46. The van der Waals surface area contributed by atoms with E-state index in [0.717, 1.165) is 21.7 Å². The topological polar surface area (TPSA) is 59.1 Å². The van der Waals surface area contributed by atoms with Gasteiger partial charge in [-0.3, -0.25) is 0 Å². The van der Waals surface area contributed by atoms with Crippen molar-refractivity contribution in [2.45, 2.75) is 25.3 Å². The van der Waals surface area contributed by atoms with E-state index in [1.165, 1.54) is 17.6 Å². The van der Waals surface area contributed by atoms with E-state index in [0.29, 0.717) is 15.9 Å². The molecule has 4 nitrogen and oxygen atoms in total. The lowest BCUT2D eigenvalue weighted by molar-refractivity contribution is 0.601. The Bertz CT molecular complexity index is 739. The molecule has 0 fully saturated rings. The third-order valence-corrected chi connectivity index (χ3v) is 5.34. The van der Waals surface area contributed by atoms with Gasteiger partial charge in [-0.2, -0.15) is 0 Å². The number of aromatic nitrogens is 1. The van der Waals surface area contributed by atoms with Crippen molar-refractivity contribution in [1.29, 1.82) is 0 Å². The predicted molar refractivity (Wildman–Crippen MR) is 83.5 cm³/mol. The van der Waals surface area contributed by atoms with Crippen LogP contribution in [0.1, 0.15) is 16.0 Å². The number of thiazole rings is 1. The van der Waals surface area contributed by atoms with E-state index in [2.05, 4.69) is 10.3 Å². The number of anilines is 1. The molecule has 2 rings (SSSR count). The Balaban J connectivity index is 2.31. The third kappa shape index (κ3) is 3.31. The summed E-state index contributed by atoms with van der Waals surface area (Å²) in [5.41, 5.74) is 2.59. The average Bonchev–Trinajstić information content (AvgIpc) is 2.73. The number of aryl methyl sites for hydroxylation is 1. The summed E-state index contributed by atoms with van der Waals surface area (Å²) in [6.07, 6.45) is 2.93. The molecule has 20 heavy (non-hydrogen) atoms. The first kappa shape index (κ1) is 15.3. The fourth-order valence-corrected chi connectivity index (χ4v) is 3.93. The van der Waals surface area contributed by atoms with Crippen LogP contribution in [0.4, 0.5) is 5.69 Å². The number of benzene rings is 1. The van der Waals surface area contributed by atoms with Crippen LogP contribution in [0.2, 0.25) is 4.47 Å². The molecule has 0 atom stereocenters. The van der Waals surface area contributed by atoms with Crippen LogP contribution < -0.4 is 5.32 Å². The molecule has 0 saturated heterocycles. The van der Waals surface area contributed by atoms with Crippen LogP contribution in [0.15, 0.2) is 23.2 Å². The van der Waals surface area contributed by atoms with E-state index in [-0.39, 0.29) is 0 Å². The highest BCUT2D eigenvalue weighted by molar-refractivity contribution is 7.90. The first-order chi connectivity index (χ1) is 9.29. The summed E-state index contributed by atoms with van der Waals surface area (Å²) < 4.78 is 24.0. The van der Waals surface area contributed by atoms with Gasteiger partial charge in [-0.15, -0.1) is 11.3 Å². The van der Waals surface area contributed by atoms with Crippen molar-refractivity contribution in [3.05, 3.63) is 38.8 Å². The SMILES string of the molecule is Cc1ccc(S(C)(=O)=O)c(C)c1NCc1cnc(Cl)s1. The summed E-state index contributed by atoms with van der Waals surface area (Å²) in [4.78, 5) is 5.33. The molecule has 0 bridgehead atoms. The Kier molecular flexibility index (Phi) is 4.36. The van der Waals surface area contributed by atoms with Crippen LogP contribution in [0.3, 0.4) is 0 Å². The standard InChI is InChI=1S/C13H15ClN2O2S2/c1-8-4-5-11(20(3,17)18)9(2)12(8)15-6-10-7-16-13(14)19-10/h4-5,7,15H,6H2,1-3H3. The van der Waals surface area contributed by atoms with Gasteiger partial charge in [0.1, 0.15) is 0 Å². The maximum atomic E-state index is 11.7. The summed E-state index contributed by atoms with van der Waals surface area (Å²) in [5.74, 6) is 0. The first-order valence-corrected chi connectivity index (χ1v) is 9.02. The second-order valence-electron chi connectivity index (χ2n) is 4.59. The summed E-state index contributed by atoms with van der Waals surface area (Å²) >= 11 is 7.19. The van der Waals surface area contributed by atoms with Gasteiger partial charge in [-0.1, -0.05) is 17.7 Å². The minimum atomic E-state index is -3.22. The zero-order valence-corrected chi connectivity index (χ0v) is 13.8. The lowest BCUT2D eigenvalue weighted by Gasteiger charge is -2.14. The Morgan fingerprint density at radius 3 is 2.60 bits per heavy atom. The largest absolute Gasteiger partial charge is 0.380 e. The molecular formula is C13H15ClN2O2S2. The van der Waals surface area contributed by atoms with Crippen LogP contribution in [-0.4, -0.2) is 19.7 Å². The van der Waals surface area contributed by atoms with Crippen molar-refractivity contribution < 1.29 is 8.42 Å². The zero-order chi connectivity index (χ0) is 14.9. The number of hydrogen-bond acceptors (Lipinski definition) is 5. The molecule has 0 radical (unpaired) electrons. The molecule has 7 heteroatoms. The Hall–Kier alpha value is -1.11. The van der Waals surface area contributed by atoms with Crippen molar-refractivity contribution in [3.8, 4) is 0 Å².